The first kappa shape index (κ1) is 20.2. The van der Waals surface area contributed by atoms with E-state index in [1.54, 1.807) is 25.2 Å². The lowest BCUT2D eigenvalue weighted by molar-refractivity contribution is -0.292. The summed E-state index contributed by atoms with van der Waals surface area (Å²) in [4.78, 5) is 0. The molecule has 1 aliphatic rings. The van der Waals surface area contributed by atoms with Crippen molar-refractivity contribution in [3.8, 4) is 0 Å². The van der Waals surface area contributed by atoms with Crippen molar-refractivity contribution in [2.75, 3.05) is 13.2 Å². The average molecular weight is 304 g/mol. The van der Waals surface area contributed by atoms with Crippen molar-refractivity contribution < 1.29 is 29.9 Å². The molecule has 4 N–H and O–H groups in total. The minimum Gasteiger partial charge on any atom is -0.394 e. The van der Waals surface area contributed by atoms with Gasteiger partial charge in [-0.3, -0.25) is 0 Å². The van der Waals surface area contributed by atoms with Gasteiger partial charge in [0.05, 0.1) is 13.2 Å². The average Bonchev–Trinajstić information content (AvgIpc) is 2.54. The van der Waals surface area contributed by atoms with Crippen LogP contribution in [0.1, 0.15) is 27.7 Å². The maximum atomic E-state index is 9.91. The van der Waals surface area contributed by atoms with Gasteiger partial charge in [0.25, 0.3) is 0 Å². The Kier molecular flexibility index (Phi) is 10.5. The van der Waals surface area contributed by atoms with Crippen LogP contribution in [0.3, 0.4) is 0 Å². The number of hydrogen-bond acceptors (Lipinski definition) is 6. The van der Waals surface area contributed by atoms with Crippen LogP contribution >= 0.6 is 0 Å². The van der Waals surface area contributed by atoms with E-state index in [2.05, 4.69) is 0 Å². The quantitative estimate of drug-likeness (QED) is 0.547. The highest BCUT2D eigenvalue weighted by atomic mass is 16.7. The molecule has 1 rings (SSSR count). The molecule has 0 bridgehead atoms. The SMILES string of the molecule is C/C=C\C(=C/C)C1OC(CO)C(O)C(C(O)CO)O1.CC. The fourth-order valence-electron chi connectivity index (χ4n) is 1.94. The van der Waals surface area contributed by atoms with Crippen LogP contribution in [0.25, 0.3) is 0 Å². The Morgan fingerprint density at radius 1 is 1.19 bits per heavy atom. The van der Waals surface area contributed by atoms with Gasteiger partial charge in [-0.05, 0) is 13.8 Å². The van der Waals surface area contributed by atoms with Crippen molar-refractivity contribution in [1.29, 1.82) is 0 Å². The van der Waals surface area contributed by atoms with Gasteiger partial charge in [0, 0.05) is 5.57 Å². The van der Waals surface area contributed by atoms with E-state index >= 15 is 0 Å². The van der Waals surface area contributed by atoms with Gasteiger partial charge in [-0.2, -0.15) is 0 Å². The normalized spacial score (nSPS) is 31.7. The van der Waals surface area contributed by atoms with Crippen molar-refractivity contribution in [2.24, 2.45) is 0 Å². The minimum absolute atomic E-state index is 0.400. The van der Waals surface area contributed by atoms with Crippen molar-refractivity contribution in [1.82, 2.24) is 0 Å². The Labute approximate surface area is 126 Å². The topological polar surface area (TPSA) is 99.4 Å². The summed E-state index contributed by atoms with van der Waals surface area (Å²) in [5.41, 5.74) is 0.711. The van der Waals surface area contributed by atoms with Gasteiger partial charge in [0.15, 0.2) is 6.29 Å². The molecular formula is C15H28O6. The second-order valence-corrected chi connectivity index (χ2v) is 4.32. The molecule has 1 saturated heterocycles. The highest BCUT2D eigenvalue weighted by molar-refractivity contribution is 5.21. The van der Waals surface area contributed by atoms with Gasteiger partial charge in [0.1, 0.15) is 24.4 Å². The van der Waals surface area contributed by atoms with Gasteiger partial charge >= 0.3 is 0 Å². The van der Waals surface area contributed by atoms with E-state index in [4.69, 9.17) is 14.6 Å². The summed E-state index contributed by atoms with van der Waals surface area (Å²) in [6.07, 6.45) is 0.238. The second-order valence-electron chi connectivity index (χ2n) is 4.32. The van der Waals surface area contributed by atoms with Crippen LogP contribution in [0.5, 0.6) is 0 Å². The maximum absolute atomic E-state index is 9.91. The summed E-state index contributed by atoms with van der Waals surface area (Å²) in [5.74, 6) is 0. The van der Waals surface area contributed by atoms with Gasteiger partial charge in [0.2, 0.25) is 0 Å². The Hall–Kier alpha value is -0.760. The Balaban J connectivity index is 0.00000191. The number of ether oxygens (including phenoxy) is 2. The van der Waals surface area contributed by atoms with Crippen molar-refractivity contribution in [2.45, 2.75) is 58.4 Å². The number of aliphatic hydroxyl groups excluding tert-OH is 4. The summed E-state index contributed by atoms with van der Waals surface area (Å²) in [6.45, 7) is 6.70. The van der Waals surface area contributed by atoms with Crippen LogP contribution < -0.4 is 0 Å². The van der Waals surface area contributed by atoms with Gasteiger partial charge in [-0.25, -0.2) is 0 Å². The van der Waals surface area contributed by atoms with E-state index in [0.717, 1.165) is 0 Å². The van der Waals surface area contributed by atoms with E-state index in [9.17, 15) is 15.3 Å². The highest BCUT2D eigenvalue weighted by Gasteiger charge is 2.42. The molecule has 0 aliphatic carbocycles. The highest BCUT2D eigenvalue weighted by Crippen LogP contribution is 2.26. The lowest BCUT2D eigenvalue weighted by Crippen LogP contribution is -2.56. The zero-order valence-corrected chi connectivity index (χ0v) is 13.1. The first-order valence-electron chi connectivity index (χ1n) is 7.26. The fraction of sp³-hybridized carbons (Fsp3) is 0.733. The summed E-state index contributed by atoms with van der Waals surface area (Å²) >= 11 is 0. The Morgan fingerprint density at radius 3 is 2.24 bits per heavy atom. The van der Waals surface area contributed by atoms with Crippen LogP contribution in [-0.4, -0.2) is 64.3 Å². The molecule has 6 heteroatoms. The first-order chi connectivity index (χ1) is 10.1. The van der Waals surface area contributed by atoms with E-state index in [0.29, 0.717) is 5.57 Å². The number of hydrogen-bond donors (Lipinski definition) is 4. The first-order valence-corrected chi connectivity index (χ1v) is 7.26. The van der Waals surface area contributed by atoms with Crippen molar-refractivity contribution in [3.05, 3.63) is 23.8 Å². The fourth-order valence-corrected chi connectivity index (χ4v) is 1.94. The summed E-state index contributed by atoms with van der Waals surface area (Å²) in [6, 6.07) is 0. The number of aliphatic hydroxyl groups is 4. The molecule has 0 amide bonds. The molecule has 0 radical (unpaired) electrons. The molecule has 1 heterocycles. The molecule has 0 aromatic carbocycles. The largest absolute Gasteiger partial charge is 0.394 e. The maximum Gasteiger partial charge on any atom is 0.184 e. The predicted molar refractivity (Wildman–Crippen MR) is 79.6 cm³/mol. The Bertz CT molecular complexity index is 328. The molecule has 0 spiro atoms. The van der Waals surface area contributed by atoms with E-state index in [1.165, 1.54) is 0 Å². The number of rotatable bonds is 5. The molecule has 5 atom stereocenters. The third-order valence-corrected chi connectivity index (χ3v) is 3.01. The summed E-state index contributed by atoms with van der Waals surface area (Å²) in [5, 5.41) is 37.8. The Morgan fingerprint density at radius 2 is 1.81 bits per heavy atom. The third-order valence-electron chi connectivity index (χ3n) is 3.01. The van der Waals surface area contributed by atoms with Crippen LogP contribution in [0.4, 0.5) is 0 Å². The van der Waals surface area contributed by atoms with Crippen LogP contribution in [0, 0.1) is 0 Å². The third kappa shape index (κ3) is 5.50. The lowest BCUT2D eigenvalue weighted by atomic mass is 10.0. The van der Waals surface area contributed by atoms with Crippen LogP contribution in [0.2, 0.25) is 0 Å². The minimum atomic E-state index is -1.24. The van der Waals surface area contributed by atoms with Crippen LogP contribution in [-0.2, 0) is 9.47 Å². The van der Waals surface area contributed by atoms with E-state index in [-0.39, 0.29) is 0 Å². The predicted octanol–water partition coefficient (Wildman–Crippen LogP) is 0.351. The zero-order chi connectivity index (χ0) is 16.4. The molecule has 1 aliphatic heterocycles. The molecular weight excluding hydrogens is 276 g/mol. The van der Waals surface area contributed by atoms with E-state index < -0.39 is 43.9 Å². The van der Waals surface area contributed by atoms with E-state index in [1.807, 2.05) is 20.8 Å². The van der Waals surface area contributed by atoms with Crippen molar-refractivity contribution in [3.63, 3.8) is 0 Å². The standard InChI is InChI=1S/C13H22O6.C2H6/c1-3-5-8(4-2)13-18-10(7-15)11(17)12(19-13)9(16)6-14;1-2/h3-5,9-17H,6-7H2,1-2H3;1-2H3/b5-3-,8-4+;. The van der Waals surface area contributed by atoms with Gasteiger partial charge in [-0.15, -0.1) is 0 Å². The summed E-state index contributed by atoms with van der Waals surface area (Å²) in [7, 11) is 0. The number of allylic oxidation sites excluding steroid dienone is 2. The molecule has 5 unspecified atom stereocenters. The van der Waals surface area contributed by atoms with Gasteiger partial charge < -0.3 is 29.9 Å². The second kappa shape index (κ2) is 10.9. The zero-order valence-electron chi connectivity index (χ0n) is 13.1. The molecule has 1 fully saturated rings. The molecule has 0 aromatic rings. The van der Waals surface area contributed by atoms with Gasteiger partial charge in [-0.1, -0.05) is 32.1 Å². The smallest absolute Gasteiger partial charge is 0.184 e. The molecule has 0 saturated carbocycles. The monoisotopic (exact) mass is 304 g/mol. The van der Waals surface area contributed by atoms with Crippen LogP contribution in [0.15, 0.2) is 23.8 Å². The van der Waals surface area contributed by atoms with Crippen molar-refractivity contribution >= 4 is 0 Å². The molecule has 21 heavy (non-hydrogen) atoms. The molecule has 0 aromatic heterocycles. The summed E-state index contributed by atoms with van der Waals surface area (Å²) < 4.78 is 10.9. The molecule has 6 nitrogen and oxygen atoms in total. The lowest BCUT2D eigenvalue weighted by Gasteiger charge is -2.40. The molecule has 124 valence electrons.